The van der Waals surface area contributed by atoms with Crippen LogP contribution in [-0.2, 0) is 23.9 Å². The van der Waals surface area contributed by atoms with E-state index in [-0.39, 0.29) is 17.9 Å². The lowest BCUT2D eigenvalue weighted by Crippen LogP contribution is -2.29. The van der Waals surface area contributed by atoms with Gasteiger partial charge in [0.25, 0.3) is 0 Å². The van der Waals surface area contributed by atoms with Crippen LogP contribution in [0.5, 0.6) is 0 Å². The molecule has 1 heterocycles. The van der Waals surface area contributed by atoms with Crippen molar-refractivity contribution in [3.8, 4) is 0 Å². The van der Waals surface area contributed by atoms with Crippen molar-refractivity contribution in [3.05, 3.63) is 58.9 Å². The van der Waals surface area contributed by atoms with Crippen molar-refractivity contribution in [2.75, 3.05) is 10.6 Å². The molecule has 0 aliphatic carbocycles. The van der Waals surface area contributed by atoms with E-state index in [1.165, 1.54) is 0 Å². The summed E-state index contributed by atoms with van der Waals surface area (Å²) < 4.78 is 51.9. The summed E-state index contributed by atoms with van der Waals surface area (Å²) in [6, 6.07) is 6.40. The van der Waals surface area contributed by atoms with Crippen molar-refractivity contribution in [2.24, 2.45) is 0 Å². The van der Waals surface area contributed by atoms with Gasteiger partial charge in [0.1, 0.15) is 5.82 Å². The number of hydrogen-bond acceptors (Lipinski definition) is 2. The van der Waals surface area contributed by atoms with Gasteiger partial charge >= 0.3 is 12.2 Å². The quantitative estimate of drug-likeness (QED) is 0.725. The number of halogens is 4. The highest BCUT2D eigenvalue weighted by molar-refractivity contribution is 6.03. The fourth-order valence-electron chi connectivity index (χ4n) is 2.68. The van der Waals surface area contributed by atoms with Gasteiger partial charge < -0.3 is 16.0 Å². The summed E-state index contributed by atoms with van der Waals surface area (Å²) in [6.07, 6.45) is -4.64. The molecule has 3 amide bonds. The van der Waals surface area contributed by atoms with Gasteiger partial charge in [0.2, 0.25) is 5.91 Å². The molecule has 0 saturated heterocycles. The number of anilines is 2. The summed E-state index contributed by atoms with van der Waals surface area (Å²) in [7, 11) is 0. The maximum absolute atomic E-state index is 13.1. The first-order valence-electron chi connectivity index (χ1n) is 7.56. The number of alkyl halides is 3. The van der Waals surface area contributed by atoms with Crippen LogP contribution in [0, 0.1) is 5.82 Å². The molecule has 5 nitrogen and oxygen atoms in total. The summed E-state index contributed by atoms with van der Waals surface area (Å²) in [6.45, 7) is -0.437. The first kappa shape index (κ1) is 17.7. The van der Waals surface area contributed by atoms with Crippen molar-refractivity contribution in [3.63, 3.8) is 0 Å². The molecule has 3 N–H and O–H groups in total. The molecule has 0 radical (unpaired) electrons. The van der Waals surface area contributed by atoms with Crippen LogP contribution in [0.25, 0.3) is 0 Å². The molecule has 26 heavy (non-hydrogen) atoms. The summed E-state index contributed by atoms with van der Waals surface area (Å²) in [5.41, 5.74) is 0.155. The van der Waals surface area contributed by atoms with Gasteiger partial charge in [0, 0.05) is 23.5 Å². The average Bonchev–Trinajstić information content (AvgIpc) is 2.94. The molecule has 0 aromatic heterocycles. The number of amides is 3. The predicted octanol–water partition coefficient (Wildman–Crippen LogP) is 3.66. The normalized spacial score (nSPS) is 13.2. The lowest BCUT2D eigenvalue weighted by molar-refractivity contribution is -0.138. The van der Waals surface area contributed by atoms with Crippen molar-refractivity contribution in [1.29, 1.82) is 0 Å². The molecule has 9 heteroatoms. The molecule has 136 valence electrons. The van der Waals surface area contributed by atoms with E-state index in [2.05, 4.69) is 16.0 Å². The summed E-state index contributed by atoms with van der Waals surface area (Å²) in [4.78, 5) is 23.4. The van der Waals surface area contributed by atoms with Gasteiger partial charge in [-0.05, 0) is 29.8 Å². The van der Waals surface area contributed by atoms with Gasteiger partial charge in [-0.2, -0.15) is 13.2 Å². The van der Waals surface area contributed by atoms with Crippen LogP contribution in [0.4, 0.5) is 33.7 Å². The van der Waals surface area contributed by atoms with Crippen LogP contribution in [0.2, 0.25) is 0 Å². The van der Waals surface area contributed by atoms with Crippen LogP contribution in [0.3, 0.4) is 0 Å². The van der Waals surface area contributed by atoms with Crippen LogP contribution in [-0.4, -0.2) is 11.9 Å². The third kappa shape index (κ3) is 3.76. The lowest BCUT2D eigenvalue weighted by atomic mass is 10.1. The van der Waals surface area contributed by atoms with E-state index in [1.807, 2.05) is 0 Å². The SMILES string of the molecule is O=C1Cc2c(cccc2NC(=O)NCc2ccc(F)cc2C(F)(F)F)N1. The van der Waals surface area contributed by atoms with Crippen LogP contribution < -0.4 is 16.0 Å². The Bertz CT molecular complexity index is 881. The number of nitrogens with one attached hydrogen (secondary N) is 3. The van der Waals surface area contributed by atoms with E-state index in [9.17, 15) is 27.2 Å². The first-order valence-corrected chi connectivity index (χ1v) is 7.56. The third-order valence-corrected chi connectivity index (χ3v) is 3.85. The predicted molar refractivity (Wildman–Crippen MR) is 86.0 cm³/mol. The van der Waals surface area contributed by atoms with Crippen LogP contribution in [0.1, 0.15) is 16.7 Å². The monoisotopic (exact) mass is 367 g/mol. The number of carbonyl (C=O) groups is 2. The molecule has 3 rings (SSSR count). The highest BCUT2D eigenvalue weighted by atomic mass is 19.4. The van der Waals surface area contributed by atoms with E-state index >= 15 is 0 Å². The van der Waals surface area contributed by atoms with Crippen molar-refractivity contribution in [2.45, 2.75) is 19.1 Å². The minimum absolute atomic E-state index is 0.0992. The van der Waals surface area contributed by atoms with E-state index in [0.29, 0.717) is 23.0 Å². The minimum Gasteiger partial charge on any atom is -0.334 e. The zero-order valence-electron chi connectivity index (χ0n) is 13.2. The fourth-order valence-corrected chi connectivity index (χ4v) is 2.68. The third-order valence-electron chi connectivity index (χ3n) is 3.85. The highest BCUT2D eigenvalue weighted by Crippen LogP contribution is 2.33. The molecule has 2 aromatic carbocycles. The Hall–Kier alpha value is -3.10. The Balaban J connectivity index is 1.70. The number of carbonyl (C=O) groups excluding carboxylic acids is 2. The van der Waals surface area contributed by atoms with Gasteiger partial charge in [-0.1, -0.05) is 12.1 Å². The number of rotatable bonds is 3. The Morgan fingerprint density at radius 2 is 1.96 bits per heavy atom. The number of urea groups is 1. The lowest BCUT2D eigenvalue weighted by Gasteiger charge is -2.14. The van der Waals surface area contributed by atoms with E-state index in [4.69, 9.17) is 0 Å². The molecular weight excluding hydrogens is 354 g/mol. The molecule has 0 bridgehead atoms. The second kappa shape index (κ2) is 6.66. The van der Waals surface area contributed by atoms with Gasteiger partial charge in [-0.3, -0.25) is 4.79 Å². The minimum atomic E-state index is -4.73. The summed E-state index contributed by atoms with van der Waals surface area (Å²) >= 11 is 0. The van der Waals surface area contributed by atoms with E-state index in [1.54, 1.807) is 18.2 Å². The van der Waals surface area contributed by atoms with Crippen LogP contribution in [0.15, 0.2) is 36.4 Å². The van der Waals surface area contributed by atoms with Gasteiger partial charge in [0.05, 0.1) is 12.0 Å². The molecule has 1 aliphatic heterocycles. The van der Waals surface area contributed by atoms with Crippen LogP contribution >= 0.6 is 0 Å². The molecule has 0 atom stereocenters. The maximum Gasteiger partial charge on any atom is 0.416 e. The zero-order chi connectivity index (χ0) is 18.9. The highest BCUT2D eigenvalue weighted by Gasteiger charge is 2.33. The Kier molecular flexibility index (Phi) is 4.54. The van der Waals surface area contributed by atoms with Crippen molar-refractivity contribution < 1.29 is 27.2 Å². The van der Waals surface area contributed by atoms with Gasteiger partial charge in [0.15, 0.2) is 0 Å². The number of benzene rings is 2. The molecule has 1 aliphatic rings. The van der Waals surface area contributed by atoms with Crippen molar-refractivity contribution >= 4 is 23.3 Å². The number of fused-ring (bicyclic) bond motifs is 1. The molecule has 2 aromatic rings. The molecule has 0 saturated carbocycles. The Labute approximate surface area is 145 Å². The average molecular weight is 367 g/mol. The first-order chi connectivity index (χ1) is 12.2. The standard InChI is InChI=1S/C17H13F4N3O2/c18-10-5-4-9(12(6-10)17(19,20)21)8-22-16(26)24-14-3-1-2-13-11(14)7-15(25)23-13/h1-6H,7-8H2,(H,23,25)(H2,22,24,26). The number of hydrogen-bond donors (Lipinski definition) is 3. The van der Waals surface area contributed by atoms with E-state index in [0.717, 1.165) is 12.1 Å². The molecule has 0 spiro atoms. The largest absolute Gasteiger partial charge is 0.416 e. The second-order valence-corrected chi connectivity index (χ2v) is 5.66. The Morgan fingerprint density at radius 1 is 1.19 bits per heavy atom. The Morgan fingerprint density at radius 3 is 2.69 bits per heavy atom. The van der Waals surface area contributed by atoms with E-state index < -0.39 is 30.1 Å². The zero-order valence-corrected chi connectivity index (χ0v) is 13.2. The topological polar surface area (TPSA) is 70.2 Å². The van der Waals surface area contributed by atoms with Crippen molar-refractivity contribution in [1.82, 2.24) is 5.32 Å². The molecule has 0 fully saturated rings. The fraction of sp³-hybridized carbons (Fsp3) is 0.176. The summed E-state index contributed by atoms with van der Waals surface area (Å²) in [5.74, 6) is -1.22. The molecule has 0 unspecified atom stereocenters. The summed E-state index contributed by atoms with van der Waals surface area (Å²) in [5, 5.41) is 7.44. The smallest absolute Gasteiger partial charge is 0.334 e. The van der Waals surface area contributed by atoms with Gasteiger partial charge in [-0.15, -0.1) is 0 Å². The molecular formula is C17H13F4N3O2. The van der Waals surface area contributed by atoms with Gasteiger partial charge in [-0.25, -0.2) is 9.18 Å². The second-order valence-electron chi connectivity index (χ2n) is 5.66. The maximum atomic E-state index is 13.1.